The molecule has 0 atom stereocenters. The summed E-state index contributed by atoms with van der Waals surface area (Å²) in [5.41, 5.74) is 2.58. The number of aromatic nitrogens is 3. The Morgan fingerprint density at radius 3 is 2.83 bits per heavy atom. The molecule has 7 nitrogen and oxygen atoms in total. The number of nitrogens with one attached hydrogen (secondary N) is 2. The van der Waals surface area contributed by atoms with E-state index in [4.69, 9.17) is 0 Å². The number of aromatic amines is 1. The minimum Gasteiger partial charge on any atom is -0.369 e. The number of piperazine rings is 1. The van der Waals surface area contributed by atoms with Crippen molar-refractivity contribution >= 4 is 11.6 Å². The van der Waals surface area contributed by atoms with Gasteiger partial charge < -0.3 is 10.2 Å². The Labute approximate surface area is 142 Å². The summed E-state index contributed by atoms with van der Waals surface area (Å²) >= 11 is 0. The molecule has 7 heteroatoms. The number of carbonyl (C=O) groups excluding carboxylic acids is 1. The lowest BCUT2D eigenvalue weighted by Crippen LogP contribution is -2.47. The van der Waals surface area contributed by atoms with Gasteiger partial charge in [-0.25, -0.2) is 4.98 Å². The fraction of sp³-hybridized carbons (Fsp3) is 0.471. The second kappa shape index (κ2) is 7.92. The Balaban J connectivity index is 1.37. The highest BCUT2D eigenvalue weighted by atomic mass is 16.1. The van der Waals surface area contributed by atoms with Crippen molar-refractivity contribution in [3.63, 3.8) is 0 Å². The number of rotatable bonds is 6. The maximum absolute atomic E-state index is 11.9. The molecule has 1 aromatic carbocycles. The number of anilines is 1. The normalized spacial score (nSPS) is 15.5. The summed E-state index contributed by atoms with van der Waals surface area (Å²) in [7, 11) is 0. The van der Waals surface area contributed by atoms with Crippen molar-refractivity contribution in [3.05, 3.63) is 42.0 Å². The molecule has 1 aliphatic rings. The summed E-state index contributed by atoms with van der Waals surface area (Å²) in [4.78, 5) is 20.6. The summed E-state index contributed by atoms with van der Waals surface area (Å²) < 4.78 is 0. The van der Waals surface area contributed by atoms with Crippen LogP contribution in [-0.4, -0.2) is 58.7 Å². The van der Waals surface area contributed by atoms with Crippen LogP contribution in [-0.2, 0) is 11.3 Å². The first kappa shape index (κ1) is 16.4. The first-order chi connectivity index (χ1) is 11.7. The van der Waals surface area contributed by atoms with Crippen molar-refractivity contribution in [1.29, 1.82) is 0 Å². The minimum atomic E-state index is 0.0486. The van der Waals surface area contributed by atoms with Gasteiger partial charge in [0.2, 0.25) is 5.91 Å². The van der Waals surface area contributed by atoms with E-state index in [1.54, 1.807) is 0 Å². The summed E-state index contributed by atoms with van der Waals surface area (Å²) in [6, 6.07) is 8.62. The molecular weight excluding hydrogens is 304 g/mol. The average molecular weight is 328 g/mol. The van der Waals surface area contributed by atoms with Crippen molar-refractivity contribution in [1.82, 2.24) is 25.4 Å². The number of amides is 1. The van der Waals surface area contributed by atoms with Gasteiger partial charge in [-0.15, -0.1) is 0 Å². The maximum atomic E-state index is 11.9. The number of carbonyl (C=O) groups is 1. The average Bonchev–Trinajstić information content (AvgIpc) is 3.12. The third kappa shape index (κ3) is 4.55. The molecule has 0 unspecified atom stereocenters. The van der Waals surface area contributed by atoms with E-state index >= 15 is 0 Å². The van der Waals surface area contributed by atoms with E-state index in [1.807, 2.05) is 0 Å². The Morgan fingerprint density at radius 2 is 2.12 bits per heavy atom. The smallest absolute Gasteiger partial charge is 0.221 e. The van der Waals surface area contributed by atoms with E-state index in [-0.39, 0.29) is 5.91 Å². The van der Waals surface area contributed by atoms with Crippen molar-refractivity contribution in [2.45, 2.75) is 19.9 Å². The largest absolute Gasteiger partial charge is 0.369 e. The first-order valence-electron chi connectivity index (χ1n) is 8.35. The van der Waals surface area contributed by atoms with Crippen LogP contribution >= 0.6 is 0 Å². The lowest BCUT2D eigenvalue weighted by Gasteiger charge is -2.36. The van der Waals surface area contributed by atoms with Crippen LogP contribution in [0.25, 0.3) is 0 Å². The molecule has 2 aromatic rings. The van der Waals surface area contributed by atoms with Gasteiger partial charge in [-0.05, 0) is 24.6 Å². The Bertz CT molecular complexity index is 649. The van der Waals surface area contributed by atoms with Gasteiger partial charge in [0, 0.05) is 44.8 Å². The van der Waals surface area contributed by atoms with E-state index in [0.717, 1.165) is 32.7 Å². The van der Waals surface area contributed by atoms with Crippen LogP contribution in [0.3, 0.4) is 0 Å². The van der Waals surface area contributed by atoms with Crippen LogP contribution in [0.1, 0.15) is 17.8 Å². The molecule has 1 amide bonds. The number of hydrogen-bond acceptors (Lipinski definition) is 5. The van der Waals surface area contributed by atoms with Crippen LogP contribution < -0.4 is 10.2 Å². The molecule has 0 bridgehead atoms. The number of aryl methyl sites for hydroxylation is 1. The zero-order valence-corrected chi connectivity index (χ0v) is 14.0. The molecule has 0 saturated carbocycles. The third-order valence-corrected chi connectivity index (χ3v) is 4.31. The zero-order chi connectivity index (χ0) is 16.8. The minimum absolute atomic E-state index is 0.0486. The summed E-state index contributed by atoms with van der Waals surface area (Å²) in [5.74, 6) is 0.725. The van der Waals surface area contributed by atoms with E-state index in [1.165, 1.54) is 17.6 Å². The topological polar surface area (TPSA) is 77.2 Å². The maximum Gasteiger partial charge on any atom is 0.221 e. The molecule has 0 radical (unpaired) electrons. The highest BCUT2D eigenvalue weighted by Gasteiger charge is 2.17. The van der Waals surface area contributed by atoms with Gasteiger partial charge in [-0.3, -0.25) is 14.8 Å². The van der Waals surface area contributed by atoms with Gasteiger partial charge in [0.05, 0.1) is 6.54 Å². The van der Waals surface area contributed by atoms with Crippen LogP contribution in [0, 0.1) is 6.92 Å². The van der Waals surface area contributed by atoms with Crippen molar-refractivity contribution in [2.24, 2.45) is 0 Å². The Kier molecular flexibility index (Phi) is 5.43. The Morgan fingerprint density at radius 1 is 1.29 bits per heavy atom. The third-order valence-electron chi connectivity index (χ3n) is 4.31. The predicted molar refractivity (Wildman–Crippen MR) is 92.7 cm³/mol. The number of nitrogens with zero attached hydrogens (tertiary/aromatic N) is 4. The predicted octanol–water partition coefficient (Wildman–Crippen LogP) is 0.942. The molecule has 1 aliphatic heterocycles. The number of benzene rings is 1. The van der Waals surface area contributed by atoms with Gasteiger partial charge in [-0.2, -0.15) is 5.10 Å². The lowest BCUT2D eigenvalue weighted by molar-refractivity contribution is -0.121. The molecule has 3 rings (SSSR count). The summed E-state index contributed by atoms with van der Waals surface area (Å²) in [5, 5.41) is 9.34. The van der Waals surface area contributed by atoms with Crippen LogP contribution in [0.2, 0.25) is 0 Å². The van der Waals surface area contributed by atoms with Crippen LogP contribution in [0.4, 0.5) is 5.69 Å². The molecule has 1 aromatic heterocycles. The monoisotopic (exact) mass is 328 g/mol. The fourth-order valence-corrected chi connectivity index (χ4v) is 2.90. The highest BCUT2D eigenvalue weighted by Crippen LogP contribution is 2.17. The van der Waals surface area contributed by atoms with Gasteiger partial charge >= 0.3 is 0 Å². The van der Waals surface area contributed by atoms with Gasteiger partial charge in [-0.1, -0.05) is 12.1 Å². The van der Waals surface area contributed by atoms with E-state index in [9.17, 15) is 4.79 Å². The molecule has 1 saturated heterocycles. The lowest BCUT2D eigenvalue weighted by atomic mass is 10.2. The van der Waals surface area contributed by atoms with Crippen molar-refractivity contribution < 1.29 is 4.79 Å². The molecule has 1 fully saturated rings. The molecule has 0 aliphatic carbocycles. The molecular formula is C17H24N6O. The van der Waals surface area contributed by atoms with Crippen molar-refractivity contribution in [3.8, 4) is 0 Å². The quantitative estimate of drug-likeness (QED) is 0.825. The molecule has 0 spiro atoms. The van der Waals surface area contributed by atoms with E-state index < -0.39 is 0 Å². The van der Waals surface area contributed by atoms with Gasteiger partial charge in [0.1, 0.15) is 12.2 Å². The molecule has 2 heterocycles. The second-order valence-electron chi connectivity index (χ2n) is 6.13. The van der Waals surface area contributed by atoms with E-state index in [0.29, 0.717) is 18.8 Å². The Hall–Kier alpha value is -2.41. The van der Waals surface area contributed by atoms with Gasteiger partial charge in [0.25, 0.3) is 0 Å². The number of hydrogen-bond donors (Lipinski definition) is 2. The first-order valence-corrected chi connectivity index (χ1v) is 8.35. The second-order valence-corrected chi connectivity index (χ2v) is 6.13. The highest BCUT2D eigenvalue weighted by molar-refractivity contribution is 5.75. The van der Waals surface area contributed by atoms with Crippen LogP contribution in [0.15, 0.2) is 30.6 Å². The fourth-order valence-electron chi connectivity index (χ4n) is 2.90. The van der Waals surface area contributed by atoms with Crippen molar-refractivity contribution in [2.75, 3.05) is 37.6 Å². The van der Waals surface area contributed by atoms with E-state index in [2.05, 4.69) is 61.5 Å². The standard InChI is InChI=1S/C17H24N6O/c1-14-3-2-4-15(11-14)23-9-7-22(8-10-23)6-5-17(24)18-12-16-19-13-20-21-16/h2-4,11,13H,5-10,12H2,1H3,(H,18,24)(H,19,20,21). The summed E-state index contributed by atoms with van der Waals surface area (Å²) in [6.45, 7) is 7.31. The van der Waals surface area contributed by atoms with Gasteiger partial charge in [0.15, 0.2) is 0 Å². The molecule has 2 N–H and O–H groups in total. The SMILES string of the molecule is Cc1cccc(N2CCN(CCC(=O)NCc3ncn[nH]3)CC2)c1. The van der Waals surface area contributed by atoms with Crippen LogP contribution in [0.5, 0.6) is 0 Å². The molecule has 128 valence electrons. The molecule has 24 heavy (non-hydrogen) atoms. The summed E-state index contributed by atoms with van der Waals surface area (Å²) in [6.07, 6.45) is 1.95. The zero-order valence-electron chi connectivity index (χ0n) is 14.0. The number of H-pyrrole nitrogens is 1.